The van der Waals surface area contributed by atoms with Gasteiger partial charge < -0.3 is 4.18 Å². The van der Waals surface area contributed by atoms with E-state index in [9.17, 15) is 21.6 Å². The molecule has 21 heavy (non-hydrogen) atoms. The number of hydrogen-bond acceptors (Lipinski definition) is 3. The van der Waals surface area contributed by atoms with Crippen LogP contribution in [0.25, 0.3) is 0 Å². The smallest absolute Gasteiger partial charge is 0.378 e. The molecule has 0 spiro atoms. The lowest BCUT2D eigenvalue weighted by Crippen LogP contribution is -2.15. The Morgan fingerprint density at radius 3 is 2.14 bits per heavy atom. The normalized spacial score (nSPS) is 12.2. The highest BCUT2D eigenvalue weighted by molar-refractivity contribution is 7.87. The molecule has 0 radical (unpaired) electrons. The van der Waals surface area contributed by atoms with Gasteiger partial charge in [0.25, 0.3) is 0 Å². The highest BCUT2D eigenvalue weighted by Crippen LogP contribution is 2.37. The first-order valence-electron chi connectivity index (χ1n) is 5.88. The molecule has 0 N–H and O–H groups in total. The Hall–Kier alpha value is -2.02. The van der Waals surface area contributed by atoms with E-state index >= 15 is 0 Å². The van der Waals surface area contributed by atoms with Crippen LogP contribution in [0.15, 0.2) is 53.4 Å². The molecule has 3 nitrogen and oxygen atoms in total. The average Bonchev–Trinajstić information content (AvgIpc) is 2.38. The molecule has 0 saturated carbocycles. The van der Waals surface area contributed by atoms with Gasteiger partial charge in [0, 0.05) is 0 Å². The SMILES string of the molecule is Cc1ccccc1S(=O)(=O)Oc1ccccc1C(F)(F)F. The van der Waals surface area contributed by atoms with Crippen molar-refractivity contribution >= 4 is 10.1 Å². The Kier molecular flexibility index (Phi) is 3.95. The van der Waals surface area contributed by atoms with Crippen LogP contribution in [0.3, 0.4) is 0 Å². The molecule has 0 aliphatic heterocycles. The summed E-state index contributed by atoms with van der Waals surface area (Å²) in [5.74, 6) is -0.742. The number of halogens is 3. The standard InChI is InChI=1S/C14H11F3O3S/c1-10-6-2-5-9-13(10)21(18,19)20-12-8-4-3-7-11(12)14(15,16)17/h2-9H,1H3. The highest BCUT2D eigenvalue weighted by atomic mass is 32.2. The van der Waals surface area contributed by atoms with Crippen molar-refractivity contribution in [3.63, 3.8) is 0 Å². The van der Waals surface area contributed by atoms with Crippen molar-refractivity contribution in [1.29, 1.82) is 0 Å². The van der Waals surface area contributed by atoms with Crippen molar-refractivity contribution in [2.24, 2.45) is 0 Å². The number of aryl methyl sites for hydroxylation is 1. The first-order valence-corrected chi connectivity index (χ1v) is 7.29. The van der Waals surface area contributed by atoms with Gasteiger partial charge in [0.2, 0.25) is 0 Å². The molecule has 0 amide bonds. The minimum absolute atomic E-state index is 0.165. The number of benzene rings is 2. The Morgan fingerprint density at radius 2 is 1.52 bits per heavy atom. The van der Waals surface area contributed by atoms with Gasteiger partial charge in [-0.1, -0.05) is 30.3 Å². The van der Waals surface area contributed by atoms with Crippen LogP contribution >= 0.6 is 0 Å². The Labute approximate surface area is 120 Å². The van der Waals surface area contributed by atoms with Gasteiger partial charge >= 0.3 is 16.3 Å². The molecule has 0 aliphatic rings. The van der Waals surface area contributed by atoms with Gasteiger partial charge in [0.15, 0.2) is 5.75 Å². The van der Waals surface area contributed by atoms with E-state index in [1.165, 1.54) is 31.2 Å². The van der Waals surface area contributed by atoms with Gasteiger partial charge in [-0.3, -0.25) is 0 Å². The van der Waals surface area contributed by atoms with Crippen molar-refractivity contribution in [1.82, 2.24) is 0 Å². The van der Waals surface area contributed by atoms with Crippen LogP contribution < -0.4 is 4.18 Å². The fraction of sp³-hybridized carbons (Fsp3) is 0.143. The van der Waals surface area contributed by atoms with Crippen LogP contribution in [-0.2, 0) is 16.3 Å². The zero-order valence-electron chi connectivity index (χ0n) is 10.9. The van der Waals surface area contributed by atoms with E-state index in [0.717, 1.165) is 18.2 Å². The molecule has 0 atom stereocenters. The summed E-state index contributed by atoms with van der Waals surface area (Å²) < 4.78 is 67.4. The van der Waals surface area contributed by atoms with E-state index in [2.05, 4.69) is 4.18 Å². The van der Waals surface area contributed by atoms with Gasteiger partial charge in [-0.05, 0) is 30.7 Å². The van der Waals surface area contributed by atoms with Gasteiger partial charge in [-0.15, -0.1) is 0 Å². The van der Waals surface area contributed by atoms with E-state index < -0.39 is 27.6 Å². The predicted octanol–water partition coefficient (Wildman–Crippen LogP) is 3.78. The van der Waals surface area contributed by atoms with Crippen LogP contribution in [0.4, 0.5) is 13.2 Å². The first kappa shape index (κ1) is 15.4. The number of alkyl halides is 3. The zero-order chi connectivity index (χ0) is 15.7. The topological polar surface area (TPSA) is 43.4 Å². The van der Waals surface area contributed by atoms with Crippen molar-refractivity contribution < 1.29 is 25.8 Å². The summed E-state index contributed by atoms with van der Waals surface area (Å²) in [4.78, 5) is -0.165. The summed E-state index contributed by atoms with van der Waals surface area (Å²) in [6.45, 7) is 1.53. The monoisotopic (exact) mass is 316 g/mol. The van der Waals surface area contributed by atoms with E-state index in [1.807, 2.05) is 0 Å². The highest BCUT2D eigenvalue weighted by Gasteiger charge is 2.35. The minimum Gasteiger partial charge on any atom is -0.378 e. The lowest BCUT2D eigenvalue weighted by Gasteiger charge is -2.14. The van der Waals surface area contributed by atoms with Crippen molar-refractivity contribution in [2.45, 2.75) is 18.0 Å². The third-order valence-electron chi connectivity index (χ3n) is 2.75. The third-order valence-corrected chi connectivity index (χ3v) is 4.15. The van der Waals surface area contributed by atoms with Crippen LogP contribution in [0.5, 0.6) is 5.75 Å². The molecule has 0 fully saturated rings. The third kappa shape index (κ3) is 3.36. The van der Waals surface area contributed by atoms with Crippen molar-refractivity contribution in [3.05, 3.63) is 59.7 Å². The zero-order valence-corrected chi connectivity index (χ0v) is 11.7. The lowest BCUT2D eigenvalue weighted by molar-refractivity contribution is -0.138. The van der Waals surface area contributed by atoms with Gasteiger partial charge in [0.1, 0.15) is 4.90 Å². The molecule has 112 valence electrons. The Bertz CT molecular complexity index is 752. The maximum absolute atomic E-state index is 12.8. The quantitative estimate of drug-likeness (QED) is 0.809. The summed E-state index contributed by atoms with van der Waals surface area (Å²) >= 11 is 0. The summed E-state index contributed by atoms with van der Waals surface area (Å²) in [6, 6.07) is 10.1. The van der Waals surface area contributed by atoms with Crippen molar-refractivity contribution in [3.8, 4) is 5.75 Å². The molecule has 0 unspecified atom stereocenters. The molecule has 2 aromatic carbocycles. The molecule has 7 heteroatoms. The second-order valence-corrected chi connectivity index (χ2v) is 5.81. The van der Waals surface area contributed by atoms with E-state index in [0.29, 0.717) is 5.56 Å². The average molecular weight is 316 g/mol. The second-order valence-electron chi connectivity index (χ2n) is 4.30. The summed E-state index contributed by atoms with van der Waals surface area (Å²) in [6.07, 6.45) is -4.70. The Morgan fingerprint density at radius 1 is 0.952 bits per heavy atom. The second kappa shape index (κ2) is 5.40. The van der Waals surface area contributed by atoms with Gasteiger partial charge in [-0.2, -0.15) is 21.6 Å². The summed E-state index contributed by atoms with van der Waals surface area (Å²) in [7, 11) is -4.33. The van der Waals surface area contributed by atoms with Crippen LogP contribution in [0.1, 0.15) is 11.1 Å². The molecule has 0 aliphatic carbocycles. The molecule has 0 heterocycles. The maximum atomic E-state index is 12.8. The van der Waals surface area contributed by atoms with Crippen LogP contribution in [-0.4, -0.2) is 8.42 Å². The van der Waals surface area contributed by atoms with Gasteiger partial charge in [-0.25, -0.2) is 0 Å². The van der Waals surface area contributed by atoms with Crippen LogP contribution in [0, 0.1) is 6.92 Å². The summed E-state index contributed by atoms with van der Waals surface area (Å²) in [5.41, 5.74) is -0.746. The van der Waals surface area contributed by atoms with E-state index in [4.69, 9.17) is 0 Å². The molecule has 0 aromatic heterocycles. The largest absolute Gasteiger partial charge is 0.420 e. The van der Waals surface area contributed by atoms with Crippen LogP contribution in [0.2, 0.25) is 0 Å². The van der Waals surface area contributed by atoms with Crippen molar-refractivity contribution in [2.75, 3.05) is 0 Å². The number of para-hydroxylation sites is 1. The molecular formula is C14H11F3O3S. The Balaban J connectivity index is 2.46. The first-order chi connectivity index (χ1) is 9.72. The fourth-order valence-corrected chi connectivity index (χ4v) is 2.95. The number of rotatable bonds is 3. The molecule has 0 bridgehead atoms. The maximum Gasteiger partial charge on any atom is 0.420 e. The number of hydrogen-bond donors (Lipinski definition) is 0. The van der Waals surface area contributed by atoms with E-state index in [1.54, 1.807) is 6.07 Å². The molecule has 2 aromatic rings. The molecule has 2 rings (SSSR count). The predicted molar refractivity (Wildman–Crippen MR) is 70.4 cm³/mol. The van der Waals surface area contributed by atoms with Gasteiger partial charge in [0.05, 0.1) is 5.56 Å². The lowest BCUT2D eigenvalue weighted by atomic mass is 10.2. The fourth-order valence-electron chi connectivity index (χ4n) is 1.77. The molecule has 0 saturated heterocycles. The van der Waals surface area contributed by atoms with E-state index in [-0.39, 0.29) is 4.90 Å². The summed E-state index contributed by atoms with van der Waals surface area (Å²) in [5, 5.41) is 0. The molecular weight excluding hydrogens is 305 g/mol. The minimum atomic E-state index is -4.70.